The zero-order valence-electron chi connectivity index (χ0n) is 15.8. The van der Waals surface area contributed by atoms with Crippen molar-refractivity contribution in [3.63, 3.8) is 0 Å². The Balaban J connectivity index is 4.39. The van der Waals surface area contributed by atoms with Gasteiger partial charge in [0.1, 0.15) is 12.1 Å². The normalized spacial score (nSPS) is 14.0. The molecule has 0 saturated heterocycles. The van der Waals surface area contributed by atoms with Gasteiger partial charge in [0.05, 0.1) is 12.6 Å². The zero-order valence-corrected chi connectivity index (χ0v) is 15.8. The molecule has 8 N–H and O–H groups in total. The summed E-state index contributed by atoms with van der Waals surface area (Å²) in [4.78, 5) is 57.3. The molecule has 0 saturated carbocycles. The Morgan fingerprint density at radius 3 is 2.07 bits per heavy atom. The van der Waals surface area contributed by atoms with Crippen LogP contribution in [0.4, 0.5) is 0 Å². The highest BCUT2D eigenvalue weighted by molar-refractivity contribution is 5.92. The minimum atomic E-state index is -1.16. The van der Waals surface area contributed by atoms with Crippen molar-refractivity contribution in [2.75, 3.05) is 6.54 Å². The number of nitrogens with one attached hydrogen (secondary N) is 3. The van der Waals surface area contributed by atoms with Gasteiger partial charge in [-0.2, -0.15) is 0 Å². The average molecular weight is 387 g/mol. The van der Waals surface area contributed by atoms with Gasteiger partial charge in [0.15, 0.2) is 0 Å². The number of primary amides is 1. The second-order valence-electron chi connectivity index (χ2n) is 6.65. The van der Waals surface area contributed by atoms with Crippen LogP contribution in [0, 0.1) is 5.92 Å². The molecule has 0 fully saturated rings. The Morgan fingerprint density at radius 1 is 1.00 bits per heavy atom. The molecule has 0 bridgehead atoms. The van der Waals surface area contributed by atoms with Crippen molar-refractivity contribution in [1.82, 2.24) is 16.0 Å². The third-order valence-corrected chi connectivity index (χ3v) is 3.55. The molecule has 0 aliphatic carbocycles. The summed E-state index contributed by atoms with van der Waals surface area (Å²) in [6.07, 6.45) is 0.244. The highest BCUT2D eigenvalue weighted by Crippen LogP contribution is 2.05. The topological polar surface area (TPSA) is 194 Å². The van der Waals surface area contributed by atoms with Crippen LogP contribution in [0.25, 0.3) is 0 Å². The van der Waals surface area contributed by atoms with E-state index in [1.165, 1.54) is 6.92 Å². The molecular formula is C16H29N5O6. The Hall–Kier alpha value is -2.69. The van der Waals surface area contributed by atoms with Crippen molar-refractivity contribution in [2.24, 2.45) is 17.4 Å². The molecule has 0 aliphatic rings. The lowest BCUT2D eigenvalue weighted by Crippen LogP contribution is -2.52. The van der Waals surface area contributed by atoms with Crippen LogP contribution in [-0.4, -0.2) is 59.4 Å². The van der Waals surface area contributed by atoms with Gasteiger partial charge in [0.2, 0.25) is 23.6 Å². The third kappa shape index (κ3) is 10.8. The molecule has 0 spiro atoms. The molecule has 0 radical (unpaired) electrons. The van der Waals surface area contributed by atoms with Gasteiger partial charge in [-0.3, -0.25) is 19.2 Å². The molecule has 11 nitrogen and oxygen atoms in total. The van der Waals surface area contributed by atoms with E-state index in [0.717, 1.165) is 0 Å². The minimum Gasteiger partial charge on any atom is -0.480 e. The van der Waals surface area contributed by atoms with Gasteiger partial charge in [-0.05, 0) is 25.7 Å². The van der Waals surface area contributed by atoms with E-state index in [1.807, 2.05) is 13.8 Å². The van der Waals surface area contributed by atoms with Crippen LogP contribution >= 0.6 is 0 Å². The Bertz CT molecular complexity index is 566. The van der Waals surface area contributed by atoms with Gasteiger partial charge in [0.25, 0.3) is 0 Å². The lowest BCUT2D eigenvalue weighted by Gasteiger charge is -2.20. The van der Waals surface area contributed by atoms with Crippen LogP contribution in [0.1, 0.15) is 40.0 Å². The van der Waals surface area contributed by atoms with Crippen LogP contribution in [0.3, 0.4) is 0 Å². The zero-order chi connectivity index (χ0) is 21.1. The van der Waals surface area contributed by atoms with E-state index >= 15 is 0 Å². The van der Waals surface area contributed by atoms with Crippen molar-refractivity contribution < 1.29 is 29.1 Å². The second-order valence-corrected chi connectivity index (χ2v) is 6.65. The SMILES string of the molecule is CC(C)CC(NC(=O)C(C)NC(=O)CNC(=O)C(N)CCC(N)=O)C(=O)O. The summed E-state index contributed by atoms with van der Waals surface area (Å²) in [6.45, 7) is 4.62. The number of rotatable bonds is 12. The van der Waals surface area contributed by atoms with Gasteiger partial charge >= 0.3 is 5.97 Å². The Kier molecular flexibility index (Phi) is 10.7. The second kappa shape index (κ2) is 11.8. The standard InChI is InChI=1S/C16H29N5O6/c1-8(2)6-11(16(26)27)21-14(24)9(3)20-13(23)7-19-15(25)10(17)4-5-12(18)22/h8-11H,4-7,17H2,1-3H3,(H2,18,22)(H,19,25)(H,20,23)(H,21,24)(H,26,27). The maximum atomic E-state index is 12.0. The highest BCUT2D eigenvalue weighted by atomic mass is 16.4. The number of amides is 4. The number of nitrogens with two attached hydrogens (primary N) is 2. The van der Waals surface area contributed by atoms with E-state index in [0.29, 0.717) is 0 Å². The van der Waals surface area contributed by atoms with E-state index in [2.05, 4.69) is 16.0 Å². The largest absolute Gasteiger partial charge is 0.480 e. The van der Waals surface area contributed by atoms with E-state index in [4.69, 9.17) is 16.6 Å². The summed E-state index contributed by atoms with van der Waals surface area (Å²) in [5.74, 6) is -3.62. The summed E-state index contributed by atoms with van der Waals surface area (Å²) in [6, 6.07) is -3.04. The van der Waals surface area contributed by atoms with Crippen LogP contribution in [-0.2, 0) is 24.0 Å². The first-order valence-electron chi connectivity index (χ1n) is 8.58. The van der Waals surface area contributed by atoms with Gasteiger partial charge in [-0.1, -0.05) is 13.8 Å². The first-order chi connectivity index (χ1) is 12.4. The number of carbonyl (C=O) groups is 5. The summed E-state index contributed by atoms with van der Waals surface area (Å²) >= 11 is 0. The van der Waals surface area contributed by atoms with E-state index in [9.17, 15) is 24.0 Å². The molecule has 154 valence electrons. The average Bonchev–Trinajstić information content (AvgIpc) is 2.55. The smallest absolute Gasteiger partial charge is 0.326 e. The molecule has 3 unspecified atom stereocenters. The quantitative estimate of drug-likeness (QED) is 0.219. The number of carboxylic acid groups (broad SMARTS) is 1. The highest BCUT2D eigenvalue weighted by Gasteiger charge is 2.24. The summed E-state index contributed by atoms with van der Waals surface area (Å²) in [5.41, 5.74) is 10.5. The number of hydrogen-bond acceptors (Lipinski definition) is 6. The first-order valence-corrected chi connectivity index (χ1v) is 8.58. The van der Waals surface area contributed by atoms with Gasteiger partial charge in [-0.15, -0.1) is 0 Å². The molecule has 0 rings (SSSR count). The lowest BCUT2D eigenvalue weighted by atomic mass is 10.0. The molecule has 4 amide bonds. The van der Waals surface area contributed by atoms with Crippen molar-refractivity contribution in [3.05, 3.63) is 0 Å². The van der Waals surface area contributed by atoms with Crippen LogP contribution in [0.15, 0.2) is 0 Å². The summed E-state index contributed by atoms with van der Waals surface area (Å²) in [5, 5.41) is 16.1. The fourth-order valence-corrected chi connectivity index (χ4v) is 2.08. The number of carbonyl (C=O) groups excluding carboxylic acids is 4. The fourth-order valence-electron chi connectivity index (χ4n) is 2.08. The van der Waals surface area contributed by atoms with Crippen molar-refractivity contribution in [3.8, 4) is 0 Å². The molecule has 27 heavy (non-hydrogen) atoms. The van der Waals surface area contributed by atoms with Crippen LogP contribution in [0.2, 0.25) is 0 Å². The lowest BCUT2D eigenvalue weighted by molar-refractivity contribution is -0.142. The monoisotopic (exact) mass is 387 g/mol. The predicted molar refractivity (Wildman–Crippen MR) is 96.0 cm³/mol. The number of carboxylic acids is 1. The maximum Gasteiger partial charge on any atom is 0.326 e. The molecule has 0 aromatic carbocycles. The molecule has 3 atom stereocenters. The van der Waals surface area contributed by atoms with E-state index < -0.39 is 54.3 Å². The van der Waals surface area contributed by atoms with Gasteiger partial charge < -0.3 is 32.5 Å². The maximum absolute atomic E-state index is 12.0. The van der Waals surface area contributed by atoms with E-state index in [-0.39, 0.29) is 25.2 Å². The summed E-state index contributed by atoms with van der Waals surface area (Å²) in [7, 11) is 0. The Morgan fingerprint density at radius 2 is 1.59 bits per heavy atom. The molecular weight excluding hydrogens is 358 g/mol. The van der Waals surface area contributed by atoms with Crippen molar-refractivity contribution in [2.45, 2.75) is 58.2 Å². The van der Waals surface area contributed by atoms with Crippen LogP contribution in [0.5, 0.6) is 0 Å². The molecule has 0 aliphatic heterocycles. The third-order valence-electron chi connectivity index (χ3n) is 3.55. The van der Waals surface area contributed by atoms with E-state index in [1.54, 1.807) is 0 Å². The Labute approximate surface area is 157 Å². The van der Waals surface area contributed by atoms with Crippen molar-refractivity contribution in [1.29, 1.82) is 0 Å². The molecule has 0 aromatic heterocycles. The minimum absolute atomic E-state index is 0.0496. The van der Waals surface area contributed by atoms with Crippen LogP contribution < -0.4 is 27.4 Å². The summed E-state index contributed by atoms with van der Waals surface area (Å²) < 4.78 is 0. The first kappa shape index (κ1) is 24.3. The van der Waals surface area contributed by atoms with Gasteiger partial charge in [-0.25, -0.2) is 4.79 Å². The van der Waals surface area contributed by atoms with Crippen molar-refractivity contribution >= 4 is 29.6 Å². The molecule has 11 heteroatoms. The molecule has 0 heterocycles. The molecule has 0 aromatic rings. The fraction of sp³-hybridized carbons (Fsp3) is 0.688. The predicted octanol–water partition coefficient (Wildman–Crippen LogP) is -2.18. The number of hydrogen-bond donors (Lipinski definition) is 6. The van der Waals surface area contributed by atoms with Gasteiger partial charge in [0, 0.05) is 6.42 Å². The number of aliphatic carboxylic acids is 1.